The molecule has 2 aromatic carbocycles. The second-order valence-electron chi connectivity index (χ2n) is 8.19. The van der Waals surface area contributed by atoms with Gasteiger partial charge >= 0.3 is 0 Å². The van der Waals surface area contributed by atoms with E-state index in [2.05, 4.69) is 9.80 Å². The van der Waals surface area contributed by atoms with Gasteiger partial charge in [0.25, 0.3) is 0 Å². The molecule has 0 spiro atoms. The molecule has 1 aliphatic rings. The molecule has 33 heavy (non-hydrogen) atoms. The number of nitrogens with zero attached hydrogens (tertiary/aromatic N) is 2. The van der Waals surface area contributed by atoms with Crippen LogP contribution in [0.4, 0.5) is 8.78 Å². The molecular formula is C26H28F2N2O2S. The maximum Gasteiger partial charge on any atom is 0.174 e. The van der Waals surface area contributed by atoms with Crippen molar-refractivity contribution in [3.05, 3.63) is 93.7 Å². The lowest BCUT2D eigenvalue weighted by Crippen LogP contribution is -2.47. The van der Waals surface area contributed by atoms with Crippen LogP contribution in [-0.4, -0.2) is 61.5 Å². The lowest BCUT2D eigenvalue weighted by Gasteiger charge is -2.34. The van der Waals surface area contributed by atoms with Gasteiger partial charge in [0.1, 0.15) is 17.7 Å². The third-order valence-corrected chi connectivity index (χ3v) is 6.86. The number of hydrogen-bond acceptors (Lipinski definition) is 5. The van der Waals surface area contributed by atoms with Crippen molar-refractivity contribution in [2.75, 3.05) is 45.9 Å². The summed E-state index contributed by atoms with van der Waals surface area (Å²) in [5.41, 5.74) is 1.67. The molecule has 0 radical (unpaired) electrons. The summed E-state index contributed by atoms with van der Waals surface area (Å²) in [6.45, 7) is 5.78. The van der Waals surface area contributed by atoms with Crippen molar-refractivity contribution >= 4 is 17.1 Å². The molecule has 4 nitrogen and oxygen atoms in total. The number of Topliss-reactive ketones (excluding diaryl/α,β-unsaturated/α-hetero) is 1. The van der Waals surface area contributed by atoms with Crippen molar-refractivity contribution in [1.82, 2.24) is 9.80 Å². The first kappa shape index (κ1) is 23.7. The summed E-state index contributed by atoms with van der Waals surface area (Å²) in [6.07, 6.45) is 0.177. The van der Waals surface area contributed by atoms with E-state index in [4.69, 9.17) is 4.74 Å². The van der Waals surface area contributed by atoms with Crippen molar-refractivity contribution in [3.63, 3.8) is 0 Å². The summed E-state index contributed by atoms with van der Waals surface area (Å²) in [4.78, 5) is 17.7. The molecule has 7 heteroatoms. The normalized spacial score (nSPS) is 15.2. The SMILES string of the molecule is O=C(CCN1CCN(CCOC(c2ccc(F)cc2)c2ccc(F)cc2)CC1)c1cccs1. The molecule has 0 atom stereocenters. The van der Waals surface area contributed by atoms with Gasteiger partial charge in [-0.25, -0.2) is 8.78 Å². The number of piperazine rings is 1. The van der Waals surface area contributed by atoms with E-state index in [0.29, 0.717) is 13.0 Å². The molecule has 0 aliphatic carbocycles. The van der Waals surface area contributed by atoms with E-state index in [1.165, 1.54) is 35.6 Å². The summed E-state index contributed by atoms with van der Waals surface area (Å²) in [5.74, 6) is -0.383. The second kappa shape index (κ2) is 11.6. The third-order valence-electron chi connectivity index (χ3n) is 5.95. The smallest absolute Gasteiger partial charge is 0.174 e. The zero-order valence-corrected chi connectivity index (χ0v) is 19.3. The standard InChI is InChI=1S/C26H28F2N2O2S/c27-22-7-3-20(4-8-22)26(21-5-9-23(28)10-6-21)32-18-17-30-15-13-29(14-16-30)12-11-24(31)25-2-1-19-33-25/h1-10,19,26H,11-18H2. The molecule has 0 amide bonds. The lowest BCUT2D eigenvalue weighted by molar-refractivity contribution is 0.0450. The van der Waals surface area contributed by atoms with Gasteiger partial charge in [-0.15, -0.1) is 11.3 Å². The van der Waals surface area contributed by atoms with Gasteiger partial charge < -0.3 is 9.64 Å². The quantitative estimate of drug-likeness (QED) is 0.390. The number of thiophene rings is 1. The number of ether oxygens (including phenoxy) is 1. The van der Waals surface area contributed by atoms with Crippen LogP contribution in [0.1, 0.15) is 33.3 Å². The molecule has 3 aromatic rings. The number of rotatable bonds is 10. The van der Waals surface area contributed by atoms with Gasteiger partial charge in [-0.2, -0.15) is 0 Å². The molecule has 4 rings (SSSR count). The fourth-order valence-corrected chi connectivity index (χ4v) is 4.71. The number of ketones is 1. The minimum Gasteiger partial charge on any atom is -0.367 e. The molecular weight excluding hydrogens is 442 g/mol. The highest BCUT2D eigenvalue weighted by Crippen LogP contribution is 2.26. The van der Waals surface area contributed by atoms with E-state index >= 15 is 0 Å². The molecule has 1 fully saturated rings. The maximum atomic E-state index is 13.4. The fourth-order valence-electron chi connectivity index (χ4n) is 4.02. The van der Waals surface area contributed by atoms with E-state index in [1.807, 2.05) is 17.5 Å². The van der Waals surface area contributed by atoms with Gasteiger partial charge in [0, 0.05) is 45.7 Å². The highest BCUT2D eigenvalue weighted by Gasteiger charge is 2.20. The van der Waals surface area contributed by atoms with E-state index in [1.54, 1.807) is 24.3 Å². The summed E-state index contributed by atoms with van der Waals surface area (Å²) in [6, 6.07) is 16.3. The molecule has 1 saturated heterocycles. The molecule has 1 aromatic heterocycles. The molecule has 1 aliphatic heterocycles. The van der Waals surface area contributed by atoms with Gasteiger partial charge in [-0.05, 0) is 46.8 Å². The average molecular weight is 471 g/mol. The van der Waals surface area contributed by atoms with Crippen LogP contribution < -0.4 is 0 Å². The lowest BCUT2D eigenvalue weighted by atomic mass is 10.0. The number of hydrogen-bond donors (Lipinski definition) is 0. The largest absolute Gasteiger partial charge is 0.367 e. The highest BCUT2D eigenvalue weighted by molar-refractivity contribution is 7.12. The summed E-state index contributed by atoms with van der Waals surface area (Å²) in [5, 5.41) is 1.94. The van der Waals surface area contributed by atoms with Gasteiger partial charge in [0.15, 0.2) is 5.78 Å². The molecule has 0 unspecified atom stereocenters. The van der Waals surface area contributed by atoms with Crippen LogP contribution in [0.25, 0.3) is 0 Å². The summed E-state index contributed by atoms with van der Waals surface area (Å²) < 4.78 is 33.0. The Kier molecular flexibility index (Phi) is 8.34. The average Bonchev–Trinajstić information content (AvgIpc) is 3.38. The van der Waals surface area contributed by atoms with Crippen molar-refractivity contribution in [3.8, 4) is 0 Å². The summed E-state index contributed by atoms with van der Waals surface area (Å²) in [7, 11) is 0. The Labute approximate surface area is 197 Å². The Hall–Kier alpha value is -2.45. The molecule has 0 saturated carbocycles. The van der Waals surface area contributed by atoms with Gasteiger partial charge in [-0.3, -0.25) is 9.69 Å². The zero-order valence-electron chi connectivity index (χ0n) is 18.5. The molecule has 174 valence electrons. The number of benzene rings is 2. The van der Waals surface area contributed by atoms with Crippen LogP contribution in [0, 0.1) is 11.6 Å². The maximum absolute atomic E-state index is 13.4. The second-order valence-corrected chi connectivity index (χ2v) is 9.14. The Morgan fingerprint density at radius 2 is 1.39 bits per heavy atom. The third kappa shape index (κ3) is 6.77. The van der Waals surface area contributed by atoms with Crippen LogP contribution in [0.15, 0.2) is 66.0 Å². The van der Waals surface area contributed by atoms with Gasteiger partial charge in [0.05, 0.1) is 11.5 Å². The fraction of sp³-hybridized carbons (Fsp3) is 0.346. The number of carbonyl (C=O) groups excluding carboxylic acids is 1. The van der Waals surface area contributed by atoms with Crippen molar-refractivity contribution < 1.29 is 18.3 Å². The van der Waals surface area contributed by atoms with Crippen LogP contribution in [0.2, 0.25) is 0 Å². The predicted molar refractivity (Wildman–Crippen MR) is 127 cm³/mol. The topological polar surface area (TPSA) is 32.8 Å². The van der Waals surface area contributed by atoms with Crippen LogP contribution in [-0.2, 0) is 4.74 Å². The molecule has 2 heterocycles. The van der Waals surface area contributed by atoms with Gasteiger partial charge in [0.2, 0.25) is 0 Å². The number of carbonyl (C=O) groups is 1. The van der Waals surface area contributed by atoms with Crippen LogP contribution in [0.3, 0.4) is 0 Å². The van der Waals surface area contributed by atoms with E-state index in [9.17, 15) is 13.6 Å². The van der Waals surface area contributed by atoms with Crippen molar-refractivity contribution in [2.24, 2.45) is 0 Å². The van der Waals surface area contributed by atoms with Crippen molar-refractivity contribution in [2.45, 2.75) is 12.5 Å². The minimum atomic E-state index is -0.379. The highest BCUT2D eigenvalue weighted by atomic mass is 32.1. The monoisotopic (exact) mass is 470 g/mol. The van der Waals surface area contributed by atoms with Crippen LogP contribution >= 0.6 is 11.3 Å². The van der Waals surface area contributed by atoms with Crippen molar-refractivity contribution in [1.29, 1.82) is 0 Å². The predicted octanol–water partition coefficient (Wildman–Crippen LogP) is 5.02. The molecule has 0 N–H and O–H groups in total. The Bertz CT molecular complexity index is 956. The Morgan fingerprint density at radius 3 is 1.91 bits per heavy atom. The van der Waals surface area contributed by atoms with E-state index in [0.717, 1.165) is 55.3 Å². The van der Waals surface area contributed by atoms with Crippen LogP contribution in [0.5, 0.6) is 0 Å². The van der Waals surface area contributed by atoms with E-state index in [-0.39, 0.29) is 23.5 Å². The summed E-state index contributed by atoms with van der Waals surface area (Å²) >= 11 is 1.50. The van der Waals surface area contributed by atoms with E-state index < -0.39 is 0 Å². The van der Waals surface area contributed by atoms with Gasteiger partial charge in [-0.1, -0.05) is 30.3 Å². The molecule has 0 bridgehead atoms. The minimum absolute atomic E-state index is 0.216. The first-order chi connectivity index (χ1) is 16.1. The Balaban J connectivity index is 1.24. The first-order valence-electron chi connectivity index (χ1n) is 11.2. The Morgan fingerprint density at radius 1 is 0.848 bits per heavy atom. The number of halogens is 2. The zero-order chi connectivity index (χ0) is 23.0. The first-order valence-corrected chi connectivity index (χ1v) is 12.1.